The molecule has 0 aromatic heterocycles. The van der Waals surface area contributed by atoms with Gasteiger partial charge in [0.2, 0.25) is 5.91 Å². The fourth-order valence-electron chi connectivity index (χ4n) is 3.08. The molecule has 1 amide bonds. The summed E-state index contributed by atoms with van der Waals surface area (Å²) in [5, 5.41) is 15.9. The van der Waals surface area contributed by atoms with Crippen LogP contribution in [0.2, 0.25) is 0 Å². The monoisotopic (exact) mass is 246 g/mol. The summed E-state index contributed by atoms with van der Waals surface area (Å²) in [6.07, 6.45) is 3.26. The third-order valence-corrected chi connectivity index (χ3v) is 4.10. The Morgan fingerprint density at radius 2 is 2.28 bits per heavy atom. The largest absolute Gasteiger partial charge is 0.508 e. The lowest BCUT2D eigenvalue weighted by atomic mass is 9.88. The summed E-state index contributed by atoms with van der Waals surface area (Å²) < 4.78 is 0. The molecular formula is C14H18N2O2. The number of anilines is 1. The van der Waals surface area contributed by atoms with E-state index >= 15 is 0 Å². The Hall–Kier alpha value is -1.55. The van der Waals surface area contributed by atoms with E-state index in [-0.39, 0.29) is 17.6 Å². The first kappa shape index (κ1) is 11.5. The molecule has 0 spiro atoms. The van der Waals surface area contributed by atoms with Gasteiger partial charge in [0.25, 0.3) is 0 Å². The van der Waals surface area contributed by atoms with Gasteiger partial charge in [0, 0.05) is 17.8 Å². The quantitative estimate of drug-likeness (QED) is 0.697. The lowest BCUT2D eigenvalue weighted by Gasteiger charge is -2.19. The number of aromatic hydroxyl groups is 1. The molecule has 2 fully saturated rings. The standard InChI is InChI=1S/C14H18N2O2/c1-8-6-9(3-5-13(8)17)16-14(18)11-7-10-2-4-12(11)15-10/h3,5-6,10-12,15,17H,2,4,7H2,1H3,(H,16,18). The van der Waals surface area contributed by atoms with Crippen molar-refractivity contribution in [3.63, 3.8) is 0 Å². The second kappa shape index (κ2) is 4.28. The first-order valence-electron chi connectivity index (χ1n) is 6.50. The summed E-state index contributed by atoms with van der Waals surface area (Å²) in [6.45, 7) is 1.82. The molecule has 4 nitrogen and oxygen atoms in total. The summed E-state index contributed by atoms with van der Waals surface area (Å²) in [4.78, 5) is 12.2. The van der Waals surface area contributed by atoms with E-state index in [0.29, 0.717) is 12.1 Å². The number of fused-ring (bicyclic) bond motifs is 2. The predicted octanol–water partition coefficient (Wildman–Crippen LogP) is 1.78. The van der Waals surface area contributed by atoms with Crippen LogP contribution >= 0.6 is 0 Å². The summed E-state index contributed by atoms with van der Waals surface area (Å²) >= 11 is 0. The number of aryl methyl sites for hydroxylation is 1. The Balaban J connectivity index is 1.69. The van der Waals surface area contributed by atoms with Gasteiger partial charge in [-0.05, 0) is 49.9 Å². The highest BCUT2D eigenvalue weighted by molar-refractivity contribution is 5.93. The van der Waals surface area contributed by atoms with E-state index in [1.807, 2.05) is 6.92 Å². The number of phenols is 1. The second-order valence-corrected chi connectivity index (χ2v) is 5.38. The Morgan fingerprint density at radius 3 is 2.89 bits per heavy atom. The van der Waals surface area contributed by atoms with Crippen molar-refractivity contribution in [2.75, 3.05) is 5.32 Å². The van der Waals surface area contributed by atoms with E-state index in [4.69, 9.17) is 0 Å². The zero-order valence-electron chi connectivity index (χ0n) is 10.4. The van der Waals surface area contributed by atoms with Gasteiger partial charge in [-0.15, -0.1) is 0 Å². The van der Waals surface area contributed by atoms with Crippen molar-refractivity contribution in [2.24, 2.45) is 5.92 Å². The summed E-state index contributed by atoms with van der Waals surface area (Å²) in [7, 11) is 0. The molecule has 2 bridgehead atoms. The predicted molar refractivity (Wildman–Crippen MR) is 69.5 cm³/mol. The first-order chi connectivity index (χ1) is 8.63. The second-order valence-electron chi connectivity index (χ2n) is 5.38. The summed E-state index contributed by atoms with van der Waals surface area (Å²) in [5.41, 5.74) is 1.54. The highest BCUT2D eigenvalue weighted by atomic mass is 16.3. The van der Waals surface area contributed by atoms with Crippen LogP contribution in [0.4, 0.5) is 5.69 Å². The molecule has 0 saturated carbocycles. The Labute approximate surface area is 106 Å². The van der Waals surface area contributed by atoms with Crippen LogP contribution in [0.25, 0.3) is 0 Å². The van der Waals surface area contributed by atoms with E-state index in [9.17, 15) is 9.90 Å². The maximum Gasteiger partial charge on any atom is 0.229 e. The van der Waals surface area contributed by atoms with Crippen LogP contribution in [-0.2, 0) is 4.79 Å². The lowest BCUT2D eigenvalue weighted by molar-refractivity contribution is -0.120. The molecule has 18 heavy (non-hydrogen) atoms. The van der Waals surface area contributed by atoms with Gasteiger partial charge in [-0.25, -0.2) is 0 Å². The van der Waals surface area contributed by atoms with E-state index in [1.54, 1.807) is 18.2 Å². The summed E-state index contributed by atoms with van der Waals surface area (Å²) in [6, 6.07) is 6.04. The fraction of sp³-hybridized carbons (Fsp3) is 0.500. The number of rotatable bonds is 2. The molecule has 1 aromatic rings. The van der Waals surface area contributed by atoms with Crippen LogP contribution in [0, 0.1) is 12.8 Å². The van der Waals surface area contributed by atoms with Gasteiger partial charge in [-0.3, -0.25) is 4.79 Å². The smallest absolute Gasteiger partial charge is 0.229 e. The highest BCUT2D eigenvalue weighted by Crippen LogP contribution is 2.34. The molecule has 2 aliphatic rings. The van der Waals surface area contributed by atoms with Crippen LogP contribution in [0.3, 0.4) is 0 Å². The number of hydrogen-bond acceptors (Lipinski definition) is 3. The minimum absolute atomic E-state index is 0.0952. The molecule has 4 heteroatoms. The highest BCUT2D eigenvalue weighted by Gasteiger charge is 2.42. The van der Waals surface area contributed by atoms with Gasteiger partial charge in [0.05, 0.1) is 5.92 Å². The van der Waals surface area contributed by atoms with Crippen LogP contribution in [-0.4, -0.2) is 23.1 Å². The Bertz CT molecular complexity index is 487. The van der Waals surface area contributed by atoms with Crippen molar-refractivity contribution in [2.45, 2.75) is 38.3 Å². The third-order valence-electron chi connectivity index (χ3n) is 4.10. The van der Waals surface area contributed by atoms with Gasteiger partial charge >= 0.3 is 0 Å². The zero-order chi connectivity index (χ0) is 12.7. The van der Waals surface area contributed by atoms with Crippen LogP contribution in [0.15, 0.2) is 18.2 Å². The zero-order valence-corrected chi connectivity index (χ0v) is 10.4. The third kappa shape index (κ3) is 1.97. The van der Waals surface area contributed by atoms with E-state index in [1.165, 1.54) is 6.42 Å². The average molecular weight is 246 g/mol. The molecule has 3 unspecified atom stereocenters. The number of phenolic OH excluding ortho intramolecular Hbond substituents is 1. The normalized spacial score (nSPS) is 29.5. The Kier molecular flexibility index (Phi) is 2.74. The number of nitrogens with one attached hydrogen (secondary N) is 2. The molecule has 2 saturated heterocycles. The maximum absolute atomic E-state index is 12.2. The van der Waals surface area contributed by atoms with Crippen molar-refractivity contribution >= 4 is 11.6 Å². The minimum Gasteiger partial charge on any atom is -0.508 e. The summed E-state index contributed by atoms with van der Waals surface area (Å²) in [5.74, 6) is 0.451. The van der Waals surface area contributed by atoms with Crippen molar-refractivity contribution in [3.8, 4) is 5.75 Å². The fourth-order valence-corrected chi connectivity index (χ4v) is 3.08. The molecule has 2 heterocycles. The molecule has 3 atom stereocenters. The van der Waals surface area contributed by atoms with Gasteiger partial charge in [-0.2, -0.15) is 0 Å². The molecule has 0 aliphatic carbocycles. The average Bonchev–Trinajstić information content (AvgIpc) is 2.96. The van der Waals surface area contributed by atoms with Gasteiger partial charge < -0.3 is 15.7 Å². The van der Waals surface area contributed by atoms with Gasteiger partial charge in [0.1, 0.15) is 5.75 Å². The maximum atomic E-state index is 12.2. The van der Waals surface area contributed by atoms with Crippen LogP contribution < -0.4 is 10.6 Å². The topological polar surface area (TPSA) is 61.4 Å². The van der Waals surface area contributed by atoms with E-state index in [2.05, 4.69) is 10.6 Å². The number of amides is 1. The molecule has 1 aromatic carbocycles. The molecular weight excluding hydrogens is 228 g/mol. The van der Waals surface area contributed by atoms with Gasteiger partial charge in [0.15, 0.2) is 0 Å². The van der Waals surface area contributed by atoms with Crippen LogP contribution in [0.1, 0.15) is 24.8 Å². The molecule has 3 N–H and O–H groups in total. The van der Waals surface area contributed by atoms with Crippen molar-refractivity contribution in [1.82, 2.24) is 5.32 Å². The first-order valence-corrected chi connectivity index (χ1v) is 6.50. The van der Waals surface area contributed by atoms with Crippen molar-refractivity contribution in [1.29, 1.82) is 0 Å². The number of hydrogen-bond donors (Lipinski definition) is 3. The van der Waals surface area contributed by atoms with Gasteiger partial charge in [-0.1, -0.05) is 0 Å². The van der Waals surface area contributed by atoms with Crippen LogP contribution in [0.5, 0.6) is 5.75 Å². The lowest BCUT2D eigenvalue weighted by Crippen LogP contribution is -2.32. The number of carbonyl (C=O) groups is 1. The minimum atomic E-state index is 0.0952. The molecule has 2 aliphatic heterocycles. The molecule has 0 radical (unpaired) electrons. The van der Waals surface area contributed by atoms with E-state index < -0.39 is 0 Å². The number of carbonyl (C=O) groups excluding carboxylic acids is 1. The van der Waals surface area contributed by atoms with E-state index in [0.717, 1.165) is 24.1 Å². The van der Waals surface area contributed by atoms with Crippen molar-refractivity contribution < 1.29 is 9.90 Å². The molecule has 3 rings (SSSR count). The SMILES string of the molecule is Cc1cc(NC(=O)C2CC3CCC2N3)ccc1O. The Morgan fingerprint density at radius 1 is 1.44 bits per heavy atom. The number of benzene rings is 1. The van der Waals surface area contributed by atoms with Crippen molar-refractivity contribution in [3.05, 3.63) is 23.8 Å². The molecule has 96 valence electrons.